The highest BCUT2D eigenvalue weighted by atomic mass is 16.6. The molecular weight excluding hydrogens is 284 g/mol. The highest BCUT2D eigenvalue weighted by Gasteiger charge is 2.12. The smallest absolute Gasteiger partial charge is 0.271 e. The molecule has 0 bridgehead atoms. The van der Waals surface area contributed by atoms with Gasteiger partial charge in [-0.25, -0.2) is 5.43 Å². The number of nitrogens with zero attached hydrogens (tertiary/aromatic N) is 2. The molecule has 0 radical (unpaired) electrons. The van der Waals surface area contributed by atoms with Gasteiger partial charge in [0.05, 0.1) is 10.6 Å². The lowest BCUT2D eigenvalue weighted by Gasteiger charge is -2.04. The number of nitrogens with one attached hydrogen (secondary N) is 2. The first-order valence-electron chi connectivity index (χ1n) is 6.64. The van der Waals surface area contributed by atoms with E-state index in [9.17, 15) is 14.9 Å². The Morgan fingerprint density at radius 1 is 1.36 bits per heavy atom. The minimum Gasteiger partial charge on any atom is -0.364 e. The van der Waals surface area contributed by atoms with E-state index >= 15 is 0 Å². The first-order valence-corrected chi connectivity index (χ1v) is 6.64. The third kappa shape index (κ3) is 3.20. The number of carbonyl (C=O) groups excluding carboxylic acids is 1. The maximum absolute atomic E-state index is 12.0. The fourth-order valence-electron chi connectivity index (χ4n) is 2.23. The maximum atomic E-state index is 12.0. The van der Waals surface area contributed by atoms with Crippen LogP contribution in [-0.2, 0) is 0 Å². The lowest BCUT2D eigenvalue weighted by molar-refractivity contribution is -0.384. The molecule has 1 aromatic heterocycles. The molecule has 0 saturated carbocycles. The molecule has 0 unspecified atom stereocenters. The molecule has 2 aromatic rings. The minimum atomic E-state index is -0.544. The van der Waals surface area contributed by atoms with Crippen LogP contribution in [0.2, 0.25) is 0 Å². The number of benzene rings is 1. The Morgan fingerprint density at radius 2 is 2.09 bits per heavy atom. The van der Waals surface area contributed by atoms with Crippen molar-refractivity contribution >= 4 is 17.3 Å². The Hall–Kier alpha value is -2.96. The van der Waals surface area contributed by atoms with Gasteiger partial charge in [0.2, 0.25) is 0 Å². The molecule has 0 aliphatic heterocycles. The van der Waals surface area contributed by atoms with E-state index in [1.165, 1.54) is 24.3 Å². The fraction of sp³-hybridized carbons (Fsp3) is 0.200. The molecule has 114 valence electrons. The Kier molecular flexibility index (Phi) is 4.36. The molecule has 1 amide bonds. The van der Waals surface area contributed by atoms with Crippen LogP contribution in [0.4, 0.5) is 5.69 Å². The summed E-state index contributed by atoms with van der Waals surface area (Å²) < 4.78 is 0. The molecule has 0 aliphatic carbocycles. The number of hydrogen-bond donors (Lipinski definition) is 2. The van der Waals surface area contributed by atoms with E-state index in [1.54, 1.807) is 6.92 Å². The van der Waals surface area contributed by atoms with Crippen molar-refractivity contribution in [3.63, 3.8) is 0 Å². The van der Waals surface area contributed by atoms with Crippen LogP contribution in [0.25, 0.3) is 0 Å². The molecule has 2 rings (SSSR count). The summed E-state index contributed by atoms with van der Waals surface area (Å²) in [7, 11) is 0. The first-order chi connectivity index (χ1) is 10.4. The summed E-state index contributed by atoms with van der Waals surface area (Å²) in [6.45, 7) is 5.65. The second kappa shape index (κ2) is 6.21. The molecule has 2 N–H and O–H groups in total. The molecule has 1 aromatic carbocycles. The van der Waals surface area contributed by atoms with Crippen LogP contribution in [0.15, 0.2) is 35.6 Å². The van der Waals surface area contributed by atoms with Crippen molar-refractivity contribution in [2.24, 2.45) is 5.10 Å². The van der Waals surface area contributed by atoms with Gasteiger partial charge in [0, 0.05) is 35.2 Å². The van der Waals surface area contributed by atoms with Crippen molar-refractivity contribution in [3.05, 3.63) is 63.0 Å². The van der Waals surface area contributed by atoms with E-state index in [2.05, 4.69) is 15.5 Å². The van der Waals surface area contributed by atoms with Crippen molar-refractivity contribution < 1.29 is 9.72 Å². The van der Waals surface area contributed by atoms with Gasteiger partial charge in [-0.15, -0.1) is 0 Å². The Balaban J connectivity index is 2.17. The van der Waals surface area contributed by atoms with Gasteiger partial charge in [-0.1, -0.05) is 6.07 Å². The maximum Gasteiger partial charge on any atom is 0.271 e. The molecule has 7 nitrogen and oxygen atoms in total. The number of aromatic nitrogens is 1. The first kappa shape index (κ1) is 15.4. The van der Waals surface area contributed by atoms with Crippen LogP contribution >= 0.6 is 0 Å². The predicted molar refractivity (Wildman–Crippen MR) is 83.0 cm³/mol. The second-order valence-corrected chi connectivity index (χ2v) is 4.92. The molecule has 0 spiro atoms. The summed E-state index contributed by atoms with van der Waals surface area (Å²) in [5, 5.41) is 14.8. The van der Waals surface area contributed by atoms with E-state index in [4.69, 9.17) is 0 Å². The number of non-ortho nitro benzene ring substituents is 1. The lowest BCUT2D eigenvalue weighted by Crippen LogP contribution is -2.19. The van der Waals surface area contributed by atoms with Gasteiger partial charge in [-0.2, -0.15) is 5.10 Å². The molecule has 0 atom stereocenters. The van der Waals surface area contributed by atoms with Crippen molar-refractivity contribution in [1.82, 2.24) is 10.4 Å². The average molecular weight is 300 g/mol. The zero-order valence-electron chi connectivity index (χ0n) is 12.5. The third-order valence-corrected chi connectivity index (χ3v) is 3.28. The molecule has 22 heavy (non-hydrogen) atoms. The van der Waals surface area contributed by atoms with Crippen molar-refractivity contribution in [2.75, 3.05) is 0 Å². The van der Waals surface area contributed by atoms with Crippen LogP contribution in [0.3, 0.4) is 0 Å². The summed E-state index contributed by atoms with van der Waals surface area (Å²) in [6, 6.07) is 5.51. The molecule has 0 saturated heterocycles. The van der Waals surface area contributed by atoms with Crippen LogP contribution in [0, 0.1) is 24.0 Å². The SMILES string of the molecule is C/C(=N\NC(=O)c1cccc([N+](=O)[O-])c1)c1c(C)c[nH]c1C. The molecule has 0 fully saturated rings. The number of aromatic amines is 1. The number of nitro groups is 1. The minimum absolute atomic E-state index is 0.134. The van der Waals surface area contributed by atoms with Crippen molar-refractivity contribution in [1.29, 1.82) is 0 Å². The second-order valence-electron chi connectivity index (χ2n) is 4.92. The molecular formula is C15H16N4O3. The van der Waals surface area contributed by atoms with Gasteiger partial charge >= 0.3 is 0 Å². The normalized spacial score (nSPS) is 11.3. The van der Waals surface area contributed by atoms with Crippen LogP contribution in [-0.4, -0.2) is 21.5 Å². The molecule has 7 heteroatoms. The monoisotopic (exact) mass is 300 g/mol. The van der Waals surface area contributed by atoms with Gasteiger partial charge in [0.25, 0.3) is 11.6 Å². The van der Waals surface area contributed by atoms with E-state index in [-0.39, 0.29) is 11.3 Å². The number of hydrogen-bond acceptors (Lipinski definition) is 4. The largest absolute Gasteiger partial charge is 0.364 e. The average Bonchev–Trinajstić information content (AvgIpc) is 2.83. The number of carbonyl (C=O) groups is 1. The summed E-state index contributed by atoms with van der Waals surface area (Å²) in [6.07, 6.45) is 1.87. The van der Waals surface area contributed by atoms with Crippen LogP contribution in [0.1, 0.15) is 34.1 Å². The van der Waals surface area contributed by atoms with Crippen LogP contribution < -0.4 is 5.43 Å². The Labute approximate surface area is 127 Å². The van der Waals surface area contributed by atoms with Gasteiger partial charge in [-0.3, -0.25) is 14.9 Å². The topological polar surface area (TPSA) is 100 Å². The summed E-state index contributed by atoms with van der Waals surface area (Å²) in [5.41, 5.74) is 6.07. The van der Waals surface area contributed by atoms with E-state index in [0.29, 0.717) is 5.71 Å². The fourth-order valence-corrected chi connectivity index (χ4v) is 2.23. The van der Waals surface area contributed by atoms with Crippen LogP contribution in [0.5, 0.6) is 0 Å². The lowest BCUT2D eigenvalue weighted by atomic mass is 10.1. The zero-order chi connectivity index (χ0) is 16.3. The van der Waals surface area contributed by atoms with Gasteiger partial charge in [-0.05, 0) is 32.4 Å². The van der Waals surface area contributed by atoms with Gasteiger partial charge in [0.1, 0.15) is 0 Å². The number of H-pyrrole nitrogens is 1. The number of nitro benzene ring substituents is 1. The number of hydrazone groups is 1. The van der Waals surface area contributed by atoms with E-state index in [0.717, 1.165) is 16.8 Å². The molecule has 0 aliphatic rings. The quantitative estimate of drug-likeness (QED) is 0.515. The highest BCUT2D eigenvalue weighted by molar-refractivity contribution is 6.02. The summed E-state index contributed by atoms with van der Waals surface area (Å²) >= 11 is 0. The number of aryl methyl sites for hydroxylation is 2. The highest BCUT2D eigenvalue weighted by Crippen LogP contribution is 2.14. The summed E-state index contributed by atoms with van der Waals surface area (Å²) in [4.78, 5) is 25.3. The number of rotatable bonds is 4. The van der Waals surface area contributed by atoms with Gasteiger partial charge < -0.3 is 4.98 Å². The van der Waals surface area contributed by atoms with Crippen molar-refractivity contribution in [3.8, 4) is 0 Å². The van der Waals surface area contributed by atoms with Crippen molar-refractivity contribution in [2.45, 2.75) is 20.8 Å². The standard InChI is InChI=1S/C15H16N4O3/c1-9-8-16-10(2)14(9)11(3)17-18-15(20)12-5-4-6-13(7-12)19(21)22/h4-8,16H,1-3H3,(H,18,20)/b17-11+. The van der Waals surface area contributed by atoms with Gasteiger partial charge in [0.15, 0.2) is 0 Å². The Morgan fingerprint density at radius 3 is 2.68 bits per heavy atom. The van der Waals surface area contributed by atoms with E-state index in [1.807, 2.05) is 20.0 Å². The van der Waals surface area contributed by atoms with E-state index < -0.39 is 10.8 Å². The third-order valence-electron chi connectivity index (χ3n) is 3.28. The zero-order valence-corrected chi connectivity index (χ0v) is 12.5. The summed E-state index contributed by atoms with van der Waals surface area (Å²) in [5.74, 6) is -0.492. The molecule has 1 heterocycles. The Bertz CT molecular complexity index is 742. The number of amides is 1. The predicted octanol–water partition coefficient (Wildman–Crippen LogP) is 2.69.